The lowest BCUT2D eigenvalue weighted by Crippen LogP contribution is -1.99. The largest absolute Gasteiger partial charge is 0.326 e. The van der Waals surface area contributed by atoms with Gasteiger partial charge in [-0.05, 0) is 6.92 Å². The van der Waals surface area contributed by atoms with E-state index in [9.17, 15) is 0 Å². The summed E-state index contributed by atoms with van der Waals surface area (Å²) in [6, 6.07) is 0. The summed E-state index contributed by atoms with van der Waals surface area (Å²) >= 11 is 11.8. The number of hydrogen-bond donors (Lipinski definition) is 0. The van der Waals surface area contributed by atoms with Crippen LogP contribution in [0.15, 0.2) is 12.4 Å². The van der Waals surface area contributed by atoms with Gasteiger partial charge >= 0.3 is 0 Å². The molecule has 0 fully saturated rings. The van der Waals surface area contributed by atoms with Gasteiger partial charge in [0.2, 0.25) is 0 Å². The van der Waals surface area contributed by atoms with E-state index in [0.717, 1.165) is 23.4 Å². The van der Waals surface area contributed by atoms with E-state index >= 15 is 0 Å². The van der Waals surface area contributed by atoms with Crippen LogP contribution in [0, 0.1) is 0 Å². The minimum Gasteiger partial charge on any atom is -0.326 e. The fourth-order valence-electron chi connectivity index (χ4n) is 1.54. The first-order chi connectivity index (χ1) is 6.77. The van der Waals surface area contributed by atoms with E-state index in [2.05, 4.69) is 9.97 Å². The Bertz CT molecular complexity index is 464. The van der Waals surface area contributed by atoms with Crippen LogP contribution in [0.5, 0.6) is 0 Å². The number of aromatic nitrogens is 3. The maximum atomic E-state index is 6.04. The van der Waals surface area contributed by atoms with Crippen molar-refractivity contribution in [2.24, 2.45) is 0 Å². The first-order valence-electron chi connectivity index (χ1n) is 4.32. The van der Waals surface area contributed by atoms with Gasteiger partial charge in [0.1, 0.15) is 11.3 Å². The van der Waals surface area contributed by atoms with E-state index in [1.807, 2.05) is 11.5 Å². The second-order valence-electron chi connectivity index (χ2n) is 2.89. The van der Waals surface area contributed by atoms with E-state index in [1.165, 1.54) is 0 Å². The molecule has 0 spiro atoms. The highest BCUT2D eigenvalue weighted by Crippen LogP contribution is 2.23. The van der Waals surface area contributed by atoms with E-state index in [4.69, 9.17) is 23.2 Å². The maximum Gasteiger partial charge on any atom is 0.124 e. The van der Waals surface area contributed by atoms with Crippen molar-refractivity contribution in [1.82, 2.24) is 14.5 Å². The number of fused-ring (bicyclic) bond motifs is 1. The molecule has 0 saturated carbocycles. The quantitative estimate of drug-likeness (QED) is 0.742. The van der Waals surface area contributed by atoms with Gasteiger partial charge in [0.05, 0.1) is 22.6 Å². The van der Waals surface area contributed by atoms with Crippen molar-refractivity contribution in [3.63, 3.8) is 0 Å². The number of halogens is 2. The summed E-state index contributed by atoms with van der Waals surface area (Å²) in [5.74, 6) is 1.22. The molecule has 0 aliphatic carbocycles. The molecular weight excluding hydrogens is 221 g/mol. The Morgan fingerprint density at radius 3 is 2.86 bits per heavy atom. The third-order valence-corrected chi connectivity index (χ3v) is 2.64. The topological polar surface area (TPSA) is 30.7 Å². The van der Waals surface area contributed by atoms with Gasteiger partial charge in [0.15, 0.2) is 0 Å². The van der Waals surface area contributed by atoms with Gasteiger partial charge < -0.3 is 4.57 Å². The summed E-state index contributed by atoms with van der Waals surface area (Å²) in [5.41, 5.74) is 1.72. The Balaban J connectivity index is 2.81. The van der Waals surface area contributed by atoms with Crippen molar-refractivity contribution >= 4 is 34.2 Å². The molecule has 0 amide bonds. The Hall–Kier alpha value is -0.800. The summed E-state index contributed by atoms with van der Waals surface area (Å²) in [6.07, 6.45) is 3.32. The average molecular weight is 230 g/mol. The molecule has 2 rings (SSSR count). The highest BCUT2D eigenvalue weighted by Gasteiger charge is 2.11. The van der Waals surface area contributed by atoms with Crippen LogP contribution < -0.4 is 0 Å². The van der Waals surface area contributed by atoms with Crippen LogP contribution in [0.3, 0.4) is 0 Å². The number of pyridine rings is 1. The molecule has 0 aliphatic rings. The predicted molar refractivity (Wildman–Crippen MR) is 57.8 cm³/mol. The zero-order valence-corrected chi connectivity index (χ0v) is 9.18. The van der Waals surface area contributed by atoms with Gasteiger partial charge in [-0.3, -0.25) is 4.98 Å². The molecule has 0 unspecified atom stereocenters. The molecule has 74 valence electrons. The molecule has 0 bridgehead atoms. The molecule has 0 aliphatic heterocycles. The fourth-order valence-corrected chi connectivity index (χ4v) is 2.00. The molecule has 0 radical (unpaired) electrons. The van der Waals surface area contributed by atoms with Gasteiger partial charge in [-0.25, -0.2) is 4.98 Å². The number of imidazole rings is 1. The molecule has 0 saturated heterocycles. The normalized spacial score (nSPS) is 11.1. The van der Waals surface area contributed by atoms with E-state index in [1.54, 1.807) is 12.4 Å². The van der Waals surface area contributed by atoms with Crippen LogP contribution in [0.2, 0.25) is 5.02 Å². The Kier molecular flexibility index (Phi) is 2.61. The van der Waals surface area contributed by atoms with E-state index < -0.39 is 0 Å². The van der Waals surface area contributed by atoms with Crippen molar-refractivity contribution in [1.29, 1.82) is 0 Å². The summed E-state index contributed by atoms with van der Waals surface area (Å²) in [6.45, 7) is 2.84. The number of rotatable bonds is 2. The van der Waals surface area contributed by atoms with Gasteiger partial charge in [-0.15, -0.1) is 11.6 Å². The monoisotopic (exact) mass is 229 g/mol. The fraction of sp³-hybridized carbons (Fsp3) is 0.333. The average Bonchev–Trinajstić information content (AvgIpc) is 2.56. The van der Waals surface area contributed by atoms with Crippen molar-refractivity contribution in [2.45, 2.75) is 19.3 Å². The van der Waals surface area contributed by atoms with Crippen LogP contribution in [-0.4, -0.2) is 14.5 Å². The third-order valence-electron chi connectivity index (χ3n) is 2.12. The lowest BCUT2D eigenvalue weighted by atomic mass is 10.4. The van der Waals surface area contributed by atoms with Crippen molar-refractivity contribution in [2.75, 3.05) is 0 Å². The van der Waals surface area contributed by atoms with Gasteiger partial charge in [0.25, 0.3) is 0 Å². The van der Waals surface area contributed by atoms with E-state index in [-0.39, 0.29) is 0 Å². The molecule has 5 heteroatoms. The van der Waals surface area contributed by atoms with Crippen LogP contribution in [0.25, 0.3) is 11.0 Å². The van der Waals surface area contributed by atoms with Gasteiger partial charge in [-0.1, -0.05) is 11.6 Å². The van der Waals surface area contributed by atoms with Crippen molar-refractivity contribution < 1.29 is 0 Å². The third kappa shape index (κ3) is 1.37. The standard InChI is InChI=1S/C9H9Cl2N3/c1-2-14-8(3-10)13-7-5-12-4-6(11)9(7)14/h4-5H,2-3H2,1H3. The second kappa shape index (κ2) is 3.75. The number of aryl methyl sites for hydroxylation is 1. The highest BCUT2D eigenvalue weighted by atomic mass is 35.5. The van der Waals surface area contributed by atoms with Crippen LogP contribution in [0.1, 0.15) is 12.7 Å². The van der Waals surface area contributed by atoms with Crippen LogP contribution >= 0.6 is 23.2 Å². The number of hydrogen-bond acceptors (Lipinski definition) is 2. The molecular formula is C9H9Cl2N3. The molecule has 0 atom stereocenters. The lowest BCUT2D eigenvalue weighted by molar-refractivity contribution is 0.747. The second-order valence-corrected chi connectivity index (χ2v) is 3.57. The van der Waals surface area contributed by atoms with Gasteiger partial charge in [-0.2, -0.15) is 0 Å². The van der Waals surface area contributed by atoms with Crippen LogP contribution in [0.4, 0.5) is 0 Å². The maximum absolute atomic E-state index is 6.04. The molecule has 2 heterocycles. The highest BCUT2D eigenvalue weighted by molar-refractivity contribution is 6.34. The van der Waals surface area contributed by atoms with Crippen LogP contribution in [-0.2, 0) is 12.4 Å². The van der Waals surface area contributed by atoms with E-state index in [0.29, 0.717) is 10.9 Å². The Labute approximate surface area is 91.7 Å². The summed E-state index contributed by atoms with van der Waals surface area (Å²) in [5, 5.41) is 0.619. The van der Waals surface area contributed by atoms with Gasteiger partial charge in [0, 0.05) is 12.7 Å². The molecule has 0 N–H and O–H groups in total. The SMILES string of the molecule is CCn1c(CCl)nc2cncc(Cl)c21. The zero-order valence-electron chi connectivity index (χ0n) is 7.67. The zero-order chi connectivity index (χ0) is 10.1. The minimum absolute atomic E-state index is 0.388. The predicted octanol–water partition coefficient (Wildman–Crippen LogP) is 2.84. The molecule has 0 aromatic carbocycles. The van der Waals surface area contributed by atoms with Crippen molar-refractivity contribution in [3.8, 4) is 0 Å². The molecule has 14 heavy (non-hydrogen) atoms. The Morgan fingerprint density at radius 2 is 2.21 bits per heavy atom. The summed E-state index contributed by atoms with van der Waals surface area (Å²) in [4.78, 5) is 8.33. The summed E-state index contributed by atoms with van der Waals surface area (Å²) < 4.78 is 2.01. The first-order valence-corrected chi connectivity index (χ1v) is 5.23. The molecule has 2 aromatic rings. The van der Waals surface area contributed by atoms with Crippen molar-refractivity contribution in [3.05, 3.63) is 23.2 Å². The smallest absolute Gasteiger partial charge is 0.124 e. The lowest BCUT2D eigenvalue weighted by Gasteiger charge is -2.03. The molecule has 3 nitrogen and oxygen atoms in total. The number of alkyl halides is 1. The Morgan fingerprint density at radius 1 is 1.43 bits per heavy atom. The minimum atomic E-state index is 0.388. The number of nitrogens with zero attached hydrogens (tertiary/aromatic N) is 3. The molecule has 2 aromatic heterocycles. The first kappa shape index (κ1) is 9.74. The summed E-state index contributed by atoms with van der Waals surface area (Å²) in [7, 11) is 0.